The number of hydrogen-bond acceptors (Lipinski definition) is 3. The number of hydrogen-bond donors (Lipinski definition) is 0. The number of pyridine rings is 2. The highest BCUT2D eigenvalue weighted by Gasteiger charge is 2.17. The Morgan fingerprint density at radius 3 is 2.71 bits per heavy atom. The van der Waals surface area contributed by atoms with E-state index in [1.54, 1.807) is 10.6 Å². The van der Waals surface area contributed by atoms with Crippen LogP contribution in [-0.2, 0) is 12.8 Å². The summed E-state index contributed by atoms with van der Waals surface area (Å²) in [5.74, 6) is 1.12. The third-order valence-corrected chi connectivity index (χ3v) is 5.60. The Labute approximate surface area is 163 Å². The predicted octanol–water partition coefficient (Wildman–Crippen LogP) is 5.22. The first-order valence-electron chi connectivity index (χ1n) is 9.89. The Morgan fingerprint density at radius 1 is 1.00 bits per heavy atom. The van der Waals surface area contributed by atoms with Crippen LogP contribution in [-0.4, -0.2) is 9.55 Å². The molecule has 0 bridgehead atoms. The molecule has 0 aliphatic heterocycles. The molecule has 0 spiro atoms. The molecule has 1 aliphatic rings. The average Bonchev–Trinajstić information content (AvgIpc) is 2.88. The summed E-state index contributed by atoms with van der Waals surface area (Å²) in [6.45, 7) is 2.00. The van der Waals surface area contributed by atoms with E-state index in [9.17, 15) is 4.79 Å². The molecule has 1 aliphatic carbocycles. The predicted molar refractivity (Wildman–Crippen MR) is 111 cm³/mol. The van der Waals surface area contributed by atoms with Gasteiger partial charge in [0.15, 0.2) is 0 Å². The molecule has 1 aromatic carbocycles. The summed E-state index contributed by atoms with van der Waals surface area (Å²) in [6, 6.07) is 13.6. The van der Waals surface area contributed by atoms with Gasteiger partial charge < -0.3 is 4.42 Å². The maximum Gasteiger partial charge on any atom is 0.255 e. The molecule has 0 saturated carbocycles. The number of rotatable bonds is 2. The fourth-order valence-corrected chi connectivity index (χ4v) is 4.07. The van der Waals surface area contributed by atoms with Gasteiger partial charge in [0, 0.05) is 47.5 Å². The second-order valence-corrected chi connectivity index (χ2v) is 7.59. The fraction of sp³-hybridized carbons (Fsp3) is 0.250. The van der Waals surface area contributed by atoms with E-state index in [0.29, 0.717) is 0 Å². The van der Waals surface area contributed by atoms with Crippen LogP contribution in [0.15, 0.2) is 64.1 Å². The Morgan fingerprint density at radius 2 is 1.89 bits per heavy atom. The van der Waals surface area contributed by atoms with Crippen LogP contribution in [0.25, 0.3) is 27.9 Å². The van der Waals surface area contributed by atoms with Crippen LogP contribution in [0.5, 0.6) is 0 Å². The largest absolute Gasteiger partial charge is 0.461 e. The Hall–Kier alpha value is -3.14. The van der Waals surface area contributed by atoms with Crippen molar-refractivity contribution in [3.8, 4) is 16.9 Å². The lowest BCUT2D eigenvalue weighted by molar-refractivity contribution is 0.538. The van der Waals surface area contributed by atoms with Crippen molar-refractivity contribution in [1.82, 2.24) is 9.55 Å². The lowest BCUT2D eigenvalue weighted by atomic mass is 10.1. The second kappa shape index (κ2) is 6.79. The maximum atomic E-state index is 12.8. The van der Waals surface area contributed by atoms with E-state index in [1.807, 2.05) is 49.6 Å². The van der Waals surface area contributed by atoms with E-state index in [0.717, 1.165) is 46.7 Å². The van der Waals surface area contributed by atoms with Gasteiger partial charge in [-0.15, -0.1) is 0 Å². The van der Waals surface area contributed by atoms with Gasteiger partial charge in [0.1, 0.15) is 11.3 Å². The van der Waals surface area contributed by atoms with Gasteiger partial charge in [-0.2, -0.15) is 0 Å². The van der Waals surface area contributed by atoms with E-state index in [-0.39, 0.29) is 5.56 Å². The summed E-state index contributed by atoms with van der Waals surface area (Å²) in [5.41, 5.74) is 5.71. The minimum Gasteiger partial charge on any atom is -0.461 e. The highest BCUT2D eigenvalue weighted by Crippen LogP contribution is 2.32. The summed E-state index contributed by atoms with van der Waals surface area (Å²) in [6.07, 6.45) is 9.40. The number of fused-ring (bicyclic) bond motifs is 3. The molecule has 4 aromatic rings. The molecule has 140 valence electrons. The minimum atomic E-state index is -0.0765. The monoisotopic (exact) mass is 370 g/mol. The smallest absolute Gasteiger partial charge is 0.255 e. The zero-order chi connectivity index (χ0) is 19.1. The summed E-state index contributed by atoms with van der Waals surface area (Å²) in [4.78, 5) is 17.2. The normalized spacial score (nSPS) is 14.0. The van der Waals surface area contributed by atoms with Gasteiger partial charge in [0.05, 0.1) is 11.4 Å². The van der Waals surface area contributed by atoms with Crippen molar-refractivity contribution in [2.24, 2.45) is 0 Å². The van der Waals surface area contributed by atoms with Crippen molar-refractivity contribution in [3.63, 3.8) is 0 Å². The number of benzene rings is 1. The molecule has 3 aromatic heterocycles. The quantitative estimate of drug-likeness (QED) is 0.454. The molecule has 5 rings (SSSR count). The molecular weight excluding hydrogens is 348 g/mol. The van der Waals surface area contributed by atoms with Gasteiger partial charge in [-0.25, -0.2) is 0 Å². The number of furan rings is 1. The van der Waals surface area contributed by atoms with Crippen LogP contribution >= 0.6 is 0 Å². The van der Waals surface area contributed by atoms with Gasteiger partial charge in [0.2, 0.25) is 0 Å². The van der Waals surface area contributed by atoms with Gasteiger partial charge in [-0.1, -0.05) is 12.5 Å². The Balaban J connectivity index is 1.54. The molecule has 0 fully saturated rings. The van der Waals surface area contributed by atoms with E-state index in [1.165, 1.54) is 30.2 Å². The summed E-state index contributed by atoms with van der Waals surface area (Å²) in [5, 5.41) is 1.19. The van der Waals surface area contributed by atoms with Crippen LogP contribution in [0.2, 0.25) is 0 Å². The van der Waals surface area contributed by atoms with Crippen molar-refractivity contribution in [2.75, 3.05) is 0 Å². The Bertz CT molecular complexity index is 1220. The minimum absolute atomic E-state index is 0.0765. The fourth-order valence-electron chi connectivity index (χ4n) is 4.07. The van der Waals surface area contributed by atoms with Crippen molar-refractivity contribution >= 4 is 11.0 Å². The average molecular weight is 370 g/mol. The molecule has 0 unspecified atom stereocenters. The van der Waals surface area contributed by atoms with Crippen LogP contribution < -0.4 is 5.56 Å². The van der Waals surface area contributed by atoms with Crippen LogP contribution in [0, 0.1) is 6.92 Å². The molecule has 3 heterocycles. The molecule has 0 N–H and O–H groups in total. The summed E-state index contributed by atoms with van der Waals surface area (Å²) < 4.78 is 7.81. The van der Waals surface area contributed by atoms with Crippen LogP contribution in [0.3, 0.4) is 0 Å². The lowest BCUT2D eigenvalue weighted by Crippen LogP contribution is -2.16. The van der Waals surface area contributed by atoms with Crippen LogP contribution in [0.4, 0.5) is 0 Å². The summed E-state index contributed by atoms with van der Waals surface area (Å²) >= 11 is 0. The first-order chi connectivity index (χ1) is 13.7. The molecule has 28 heavy (non-hydrogen) atoms. The van der Waals surface area contributed by atoms with Gasteiger partial charge in [-0.3, -0.25) is 14.3 Å². The van der Waals surface area contributed by atoms with Gasteiger partial charge >= 0.3 is 0 Å². The molecule has 4 heteroatoms. The first-order valence-corrected chi connectivity index (χ1v) is 9.89. The first kappa shape index (κ1) is 17.0. The van der Waals surface area contributed by atoms with E-state index >= 15 is 0 Å². The van der Waals surface area contributed by atoms with Crippen LogP contribution in [0.1, 0.15) is 36.1 Å². The topological polar surface area (TPSA) is 48.0 Å². The highest BCUT2D eigenvalue weighted by molar-refractivity contribution is 5.84. The van der Waals surface area contributed by atoms with Gasteiger partial charge in [0.25, 0.3) is 5.56 Å². The number of aromatic nitrogens is 2. The molecule has 0 radical (unpaired) electrons. The van der Waals surface area contributed by atoms with E-state index < -0.39 is 0 Å². The van der Waals surface area contributed by atoms with Crippen molar-refractivity contribution in [3.05, 3.63) is 82.1 Å². The Kier molecular flexibility index (Phi) is 4.12. The SMILES string of the molecule is Cc1ccc(-c2ccn(-c3ccc4c5c(oc4c3)CCCCC5)c(=O)c2)nc1. The lowest BCUT2D eigenvalue weighted by Gasteiger charge is -2.07. The van der Waals surface area contributed by atoms with Gasteiger partial charge in [-0.05, 0) is 56.0 Å². The zero-order valence-electron chi connectivity index (χ0n) is 15.9. The third-order valence-electron chi connectivity index (χ3n) is 5.60. The van der Waals surface area contributed by atoms with E-state index in [4.69, 9.17) is 4.42 Å². The van der Waals surface area contributed by atoms with Crippen molar-refractivity contribution in [1.29, 1.82) is 0 Å². The maximum absolute atomic E-state index is 12.8. The highest BCUT2D eigenvalue weighted by atomic mass is 16.3. The molecule has 4 nitrogen and oxygen atoms in total. The molecule has 0 amide bonds. The summed E-state index contributed by atoms with van der Waals surface area (Å²) in [7, 11) is 0. The second-order valence-electron chi connectivity index (χ2n) is 7.59. The standard InChI is InChI=1S/C24H22N2O2/c1-16-7-10-21(25-15-16)17-11-12-26(24(27)13-17)18-8-9-20-19-5-3-2-4-6-22(19)28-23(20)14-18/h7-15H,2-6H2,1H3. The van der Waals surface area contributed by atoms with E-state index in [2.05, 4.69) is 11.1 Å². The third kappa shape index (κ3) is 2.95. The zero-order valence-corrected chi connectivity index (χ0v) is 15.9. The molecule has 0 atom stereocenters. The van der Waals surface area contributed by atoms with Crippen molar-refractivity contribution < 1.29 is 4.42 Å². The number of aryl methyl sites for hydroxylation is 3. The molecular formula is C24H22N2O2. The molecule has 0 saturated heterocycles. The number of nitrogens with zero attached hydrogens (tertiary/aromatic N) is 2. The van der Waals surface area contributed by atoms with Crippen molar-refractivity contribution in [2.45, 2.75) is 39.0 Å².